The van der Waals surface area contributed by atoms with Crippen LogP contribution in [0.5, 0.6) is 0 Å². The first kappa shape index (κ1) is 18.6. The lowest BCUT2D eigenvalue weighted by molar-refractivity contribution is -0.123. The van der Waals surface area contributed by atoms with Crippen molar-refractivity contribution in [3.8, 4) is 0 Å². The van der Waals surface area contributed by atoms with Gasteiger partial charge in [0.05, 0.1) is 17.9 Å². The third-order valence-corrected chi connectivity index (χ3v) is 3.24. The average Bonchev–Trinajstić information content (AvgIpc) is 2.46. The summed E-state index contributed by atoms with van der Waals surface area (Å²) in [6.07, 6.45) is -0.455. The van der Waals surface area contributed by atoms with Gasteiger partial charge in [-0.25, -0.2) is 9.97 Å². The van der Waals surface area contributed by atoms with Crippen molar-refractivity contribution < 1.29 is 9.59 Å². The number of aromatic nitrogens is 2. The normalized spacial score (nSPS) is 13.1. The number of anilines is 2. The Morgan fingerprint density at radius 1 is 1.22 bits per heavy atom. The van der Waals surface area contributed by atoms with Crippen LogP contribution < -0.4 is 26.6 Å². The van der Waals surface area contributed by atoms with Crippen LogP contribution in [-0.4, -0.2) is 55.1 Å². The maximum Gasteiger partial charge on any atom is 0.271 e. The number of primary amides is 1. The van der Waals surface area contributed by atoms with Crippen LogP contribution >= 0.6 is 0 Å². The summed E-state index contributed by atoms with van der Waals surface area (Å²) in [5, 5.41) is 8.57. The second kappa shape index (κ2) is 7.73. The van der Waals surface area contributed by atoms with Crippen molar-refractivity contribution in [1.82, 2.24) is 20.6 Å². The zero-order valence-corrected chi connectivity index (χ0v) is 14.4. The summed E-state index contributed by atoms with van der Waals surface area (Å²) in [6, 6.07) is -0.337. The van der Waals surface area contributed by atoms with E-state index in [4.69, 9.17) is 5.73 Å². The van der Waals surface area contributed by atoms with Gasteiger partial charge in [-0.15, -0.1) is 0 Å². The number of carbonyl (C=O) groups excluding carboxylic acids is 2. The molecule has 0 aliphatic carbocycles. The van der Waals surface area contributed by atoms with Gasteiger partial charge in [0, 0.05) is 14.1 Å². The smallest absolute Gasteiger partial charge is 0.271 e. The van der Waals surface area contributed by atoms with Gasteiger partial charge in [0.15, 0.2) is 17.3 Å². The van der Waals surface area contributed by atoms with Crippen LogP contribution in [0.25, 0.3) is 0 Å². The van der Waals surface area contributed by atoms with Crippen LogP contribution in [0.4, 0.5) is 11.6 Å². The lowest BCUT2D eigenvalue weighted by Gasteiger charge is -2.22. The second-order valence-electron chi connectivity index (χ2n) is 5.47. The quantitative estimate of drug-likeness (QED) is 0.495. The van der Waals surface area contributed by atoms with E-state index >= 15 is 0 Å². The van der Waals surface area contributed by atoms with Crippen LogP contribution in [0.15, 0.2) is 0 Å². The Labute approximate surface area is 136 Å². The SMILES string of the molecule is CN[C@@H](C)C(=O)NC(C)Nc1nc(N(C)C)c(C)nc1C(N)=O. The Hall–Kier alpha value is -2.42. The van der Waals surface area contributed by atoms with E-state index < -0.39 is 12.1 Å². The molecule has 1 heterocycles. The van der Waals surface area contributed by atoms with Gasteiger partial charge < -0.3 is 26.6 Å². The predicted octanol–water partition coefficient (Wildman–Crippen LogP) is -0.568. The fourth-order valence-corrected chi connectivity index (χ4v) is 1.92. The molecular formula is C14H25N7O2. The number of nitrogens with two attached hydrogens (primary N) is 1. The molecule has 128 valence electrons. The summed E-state index contributed by atoms with van der Waals surface area (Å²) >= 11 is 0. The minimum Gasteiger partial charge on any atom is -0.364 e. The van der Waals surface area contributed by atoms with Gasteiger partial charge in [0.1, 0.15) is 0 Å². The molecule has 0 aromatic carbocycles. The molecule has 0 aliphatic rings. The van der Waals surface area contributed by atoms with E-state index in [0.717, 1.165) is 0 Å². The molecule has 1 unspecified atom stereocenters. The van der Waals surface area contributed by atoms with Crippen molar-refractivity contribution in [3.05, 3.63) is 11.4 Å². The number of carbonyl (C=O) groups is 2. The maximum absolute atomic E-state index is 11.9. The summed E-state index contributed by atoms with van der Waals surface area (Å²) in [5.41, 5.74) is 5.99. The van der Waals surface area contributed by atoms with Crippen LogP contribution in [0.3, 0.4) is 0 Å². The Morgan fingerprint density at radius 2 is 1.83 bits per heavy atom. The first-order valence-corrected chi connectivity index (χ1v) is 7.27. The number of amides is 2. The molecule has 1 aromatic rings. The lowest BCUT2D eigenvalue weighted by atomic mass is 10.3. The molecule has 1 rings (SSSR count). The summed E-state index contributed by atoms with van der Waals surface area (Å²) in [6.45, 7) is 5.23. The topological polar surface area (TPSA) is 125 Å². The van der Waals surface area contributed by atoms with E-state index in [2.05, 4.69) is 25.9 Å². The van der Waals surface area contributed by atoms with E-state index in [1.807, 2.05) is 14.1 Å². The largest absolute Gasteiger partial charge is 0.364 e. The van der Waals surface area contributed by atoms with Gasteiger partial charge in [0.25, 0.3) is 5.91 Å². The van der Waals surface area contributed by atoms with Crippen molar-refractivity contribution in [1.29, 1.82) is 0 Å². The molecule has 0 bridgehead atoms. The number of rotatable bonds is 7. The lowest BCUT2D eigenvalue weighted by Crippen LogP contribution is -2.47. The average molecular weight is 323 g/mol. The maximum atomic E-state index is 11.9. The number of hydrogen-bond acceptors (Lipinski definition) is 7. The molecule has 0 saturated carbocycles. The van der Waals surface area contributed by atoms with E-state index in [0.29, 0.717) is 11.5 Å². The molecule has 0 fully saturated rings. The molecule has 0 spiro atoms. The zero-order chi connectivity index (χ0) is 17.7. The van der Waals surface area contributed by atoms with Crippen LogP contribution in [0.1, 0.15) is 30.0 Å². The van der Waals surface area contributed by atoms with Crippen molar-refractivity contribution >= 4 is 23.5 Å². The molecule has 1 aromatic heterocycles. The highest BCUT2D eigenvalue weighted by Crippen LogP contribution is 2.19. The second-order valence-corrected chi connectivity index (χ2v) is 5.47. The molecule has 9 heteroatoms. The van der Waals surface area contributed by atoms with Gasteiger partial charge in [0.2, 0.25) is 5.91 Å². The minimum absolute atomic E-state index is 0.0378. The standard InChI is InChI=1S/C14H25N7O2/c1-7-13(21(5)6)20-12(10(17-7)11(15)22)18-9(3)19-14(23)8(2)16-4/h8-9,16H,1-6H3,(H2,15,22)(H,18,20)(H,19,23)/t8-,9?/m0/s1. The summed E-state index contributed by atoms with van der Waals surface area (Å²) in [7, 11) is 5.34. The fraction of sp³-hybridized carbons (Fsp3) is 0.571. The van der Waals surface area contributed by atoms with E-state index in [1.165, 1.54) is 0 Å². The summed E-state index contributed by atoms with van der Waals surface area (Å²) < 4.78 is 0. The monoisotopic (exact) mass is 323 g/mol. The Balaban J connectivity index is 3.03. The highest BCUT2D eigenvalue weighted by molar-refractivity contribution is 5.96. The number of nitrogens with one attached hydrogen (secondary N) is 3. The number of nitrogens with zero attached hydrogens (tertiary/aromatic N) is 3. The summed E-state index contributed by atoms with van der Waals surface area (Å²) in [5.74, 6) is -0.0205. The molecule has 9 nitrogen and oxygen atoms in total. The molecular weight excluding hydrogens is 298 g/mol. The number of hydrogen-bond donors (Lipinski definition) is 4. The molecule has 5 N–H and O–H groups in total. The fourth-order valence-electron chi connectivity index (χ4n) is 1.92. The first-order chi connectivity index (χ1) is 10.7. The van der Waals surface area contributed by atoms with Crippen LogP contribution in [-0.2, 0) is 4.79 Å². The third kappa shape index (κ3) is 4.78. The summed E-state index contributed by atoms with van der Waals surface area (Å²) in [4.78, 5) is 33.8. The van der Waals surface area contributed by atoms with Crippen molar-refractivity contribution in [2.45, 2.75) is 33.0 Å². The predicted molar refractivity (Wildman–Crippen MR) is 89.4 cm³/mol. The highest BCUT2D eigenvalue weighted by Gasteiger charge is 2.19. The van der Waals surface area contributed by atoms with Crippen LogP contribution in [0.2, 0.25) is 0 Å². The van der Waals surface area contributed by atoms with E-state index in [9.17, 15) is 9.59 Å². The number of aryl methyl sites for hydroxylation is 1. The first-order valence-electron chi connectivity index (χ1n) is 7.27. The van der Waals surface area contributed by atoms with Gasteiger partial charge in [-0.3, -0.25) is 9.59 Å². The van der Waals surface area contributed by atoms with Gasteiger partial charge in [-0.05, 0) is 27.8 Å². The molecule has 23 heavy (non-hydrogen) atoms. The molecule has 2 amide bonds. The highest BCUT2D eigenvalue weighted by atomic mass is 16.2. The minimum atomic E-state index is -0.685. The van der Waals surface area contributed by atoms with Gasteiger partial charge >= 0.3 is 0 Å². The zero-order valence-electron chi connectivity index (χ0n) is 14.4. The van der Waals surface area contributed by atoms with Crippen molar-refractivity contribution in [3.63, 3.8) is 0 Å². The Morgan fingerprint density at radius 3 is 2.30 bits per heavy atom. The molecule has 0 aliphatic heterocycles. The number of likely N-dealkylation sites (N-methyl/N-ethyl adjacent to an activating group) is 1. The van der Waals surface area contributed by atoms with E-state index in [1.54, 1.807) is 32.7 Å². The van der Waals surface area contributed by atoms with Crippen molar-refractivity contribution in [2.75, 3.05) is 31.4 Å². The van der Waals surface area contributed by atoms with Gasteiger partial charge in [-0.2, -0.15) is 0 Å². The molecule has 0 radical (unpaired) electrons. The molecule has 0 saturated heterocycles. The van der Waals surface area contributed by atoms with Crippen molar-refractivity contribution in [2.24, 2.45) is 5.73 Å². The molecule has 2 atom stereocenters. The van der Waals surface area contributed by atoms with Gasteiger partial charge in [-0.1, -0.05) is 0 Å². The Kier molecular flexibility index (Phi) is 6.26. The van der Waals surface area contributed by atoms with E-state index in [-0.39, 0.29) is 23.5 Å². The Bertz CT molecular complexity index is 589. The van der Waals surface area contributed by atoms with Crippen LogP contribution in [0, 0.1) is 6.92 Å². The third-order valence-electron chi connectivity index (χ3n) is 3.24.